The number of rotatable bonds is 5. The van der Waals surface area contributed by atoms with Gasteiger partial charge >= 0.3 is 0 Å². The highest BCUT2D eigenvalue weighted by Crippen LogP contribution is 2.25. The zero-order valence-electron chi connectivity index (χ0n) is 10.9. The Bertz CT molecular complexity index is 585. The molecule has 2 aromatic rings. The lowest BCUT2D eigenvalue weighted by Crippen LogP contribution is -2.29. The Morgan fingerprint density at radius 3 is 2.80 bits per heavy atom. The van der Waals surface area contributed by atoms with E-state index in [1.807, 2.05) is 24.1 Å². The van der Waals surface area contributed by atoms with E-state index in [9.17, 15) is 4.79 Å². The predicted molar refractivity (Wildman–Crippen MR) is 80.1 cm³/mol. The third-order valence-electron chi connectivity index (χ3n) is 2.62. The van der Waals surface area contributed by atoms with Crippen LogP contribution in [0.1, 0.15) is 5.76 Å². The number of hydrogen-bond acceptors (Lipinski definition) is 3. The lowest BCUT2D eigenvalue weighted by molar-refractivity contribution is -0.117. The maximum atomic E-state index is 11.9. The number of hydrogen-bond donors (Lipinski definition) is 1. The standard InChI is InChI=1S/C14H14Cl2N2O2/c1-18(8-11-3-2-6-20-11)9-14(19)17-13-5-4-10(15)7-12(13)16/h2-7H,8-9H2,1H3,(H,17,19). The molecule has 0 bridgehead atoms. The molecule has 4 nitrogen and oxygen atoms in total. The number of nitrogens with one attached hydrogen (secondary N) is 1. The molecule has 0 saturated carbocycles. The predicted octanol–water partition coefficient (Wildman–Crippen LogP) is 3.66. The third kappa shape index (κ3) is 4.27. The van der Waals surface area contributed by atoms with Crippen molar-refractivity contribution in [3.05, 3.63) is 52.4 Å². The van der Waals surface area contributed by atoms with Crippen LogP contribution in [0.15, 0.2) is 41.0 Å². The summed E-state index contributed by atoms with van der Waals surface area (Å²) in [4.78, 5) is 13.8. The molecule has 0 aliphatic carbocycles. The van der Waals surface area contributed by atoms with Gasteiger partial charge in [0.1, 0.15) is 5.76 Å². The monoisotopic (exact) mass is 312 g/mol. The summed E-state index contributed by atoms with van der Waals surface area (Å²) in [6, 6.07) is 8.62. The second-order valence-electron chi connectivity index (χ2n) is 4.42. The van der Waals surface area contributed by atoms with Gasteiger partial charge in [-0.2, -0.15) is 0 Å². The van der Waals surface area contributed by atoms with Gasteiger partial charge in [-0.05, 0) is 37.4 Å². The molecular formula is C14H14Cl2N2O2. The first-order chi connectivity index (χ1) is 9.54. The highest BCUT2D eigenvalue weighted by molar-refractivity contribution is 6.36. The number of anilines is 1. The Kier molecular flexibility index (Phi) is 5.06. The maximum Gasteiger partial charge on any atom is 0.238 e. The van der Waals surface area contributed by atoms with Crippen LogP contribution in [0.2, 0.25) is 10.0 Å². The van der Waals surface area contributed by atoms with Crippen molar-refractivity contribution in [2.45, 2.75) is 6.54 Å². The van der Waals surface area contributed by atoms with Gasteiger partial charge in [-0.25, -0.2) is 0 Å². The number of amides is 1. The van der Waals surface area contributed by atoms with Crippen molar-refractivity contribution in [2.75, 3.05) is 18.9 Å². The molecule has 106 valence electrons. The maximum absolute atomic E-state index is 11.9. The van der Waals surface area contributed by atoms with E-state index in [1.54, 1.807) is 24.5 Å². The van der Waals surface area contributed by atoms with Gasteiger partial charge in [-0.3, -0.25) is 9.69 Å². The van der Waals surface area contributed by atoms with Crippen LogP contribution in [0.3, 0.4) is 0 Å². The normalized spacial score (nSPS) is 10.8. The van der Waals surface area contributed by atoms with E-state index >= 15 is 0 Å². The van der Waals surface area contributed by atoms with Crippen molar-refractivity contribution in [2.24, 2.45) is 0 Å². The molecule has 20 heavy (non-hydrogen) atoms. The van der Waals surface area contributed by atoms with Gasteiger partial charge in [0, 0.05) is 5.02 Å². The molecule has 2 rings (SSSR count). The van der Waals surface area contributed by atoms with Gasteiger partial charge < -0.3 is 9.73 Å². The van der Waals surface area contributed by atoms with Crippen molar-refractivity contribution in [1.29, 1.82) is 0 Å². The van der Waals surface area contributed by atoms with E-state index in [4.69, 9.17) is 27.6 Å². The van der Waals surface area contributed by atoms with Crippen LogP contribution in [-0.4, -0.2) is 24.4 Å². The van der Waals surface area contributed by atoms with Crippen LogP contribution >= 0.6 is 23.2 Å². The van der Waals surface area contributed by atoms with Gasteiger partial charge in [0.25, 0.3) is 0 Å². The number of halogens is 2. The summed E-state index contributed by atoms with van der Waals surface area (Å²) in [6.45, 7) is 0.800. The first-order valence-electron chi connectivity index (χ1n) is 6.00. The van der Waals surface area contributed by atoms with E-state index in [0.29, 0.717) is 22.3 Å². The topological polar surface area (TPSA) is 45.5 Å². The van der Waals surface area contributed by atoms with Gasteiger partial charge in [0.15, 0.2) is 0 Å². The summed E-state index contributed by atoms with van der Waals surface area (Å²) < 4.78 is 5.23. The fraction of sp³-hybridized carbons (Fsp3) is 0.214. The number of likely N-dealkylation sites (N-methyl/N-ethyl adjacent to an activating group) is 1. The number of benzene rings is 1. The largest absolute Gasteiger partial charge is 0.468 e. The lowest BCUT2D eigenvalue weighted by atomic mass is 10.3. The summed E-state index contributed by atoms with van der Waals surface area (Å²) >= 11 is 11.8. The zero-order valence-corrected chi connectivity index (χ0v) is 12.4. The average Bonchev–Trinajstić information content (AvgIpc) is 2.85. The minimum atomic E-state index is -0.150. The fourth-order valence-corrected chi connectivity index (χ4v) is 2.21. The van der Waals surface area contributed by atoms with Crippen molar-refractivity contribution >= 4 is 34.8 Å². The van der Waals surface area contributed by atoms with E-state index in [-0.39, 0.29) is 12.5 Å². The second kappa shape index (κ2) is 6.79. The molecule has 1 aromatic heterocycles. The van der Waals surface area contributed by atoms with Gasteiger partial charge in [-0.15, -0.1) is 0 Å². The molecule has 1 aromatic carbocycles. The molecule has 0 aliphatic heterocycles. The molecule has 1 heterocycles. The Morgan fingerprint density at radius 2 is 2.15 bits per heavy atom. The van der Waals surface area contributed by atoms with Crippen molar-refractivity contribution in [1.82, 2.24) is 4.90 Å². The molecule has 0 unspecified atom stereocenters. The number of furan rings is 1. The molecule has 0 radical (unpaired) electrons. The van der Waals surface area contributed by atoms with Crippen LogP contribution in [0.4, 0.5) is 5.69 Å². The summed E-state index contributed by atoms with van der Waals surface area (Å²) in [5.41, 5.74) is 0.549. The molecule has 0 atom stereocenters. The molecule has 0 aliphatic rings. The number of carbonyl (C=O) groups is 1. The van der Waals surface area contributed by atoms with Crippen LogP contribution < -0.4 is 5.32 Å². The molecule has 6 heteroatoms. The zero-order chi connectivity index (χ0) is 14.5. The van der Waals surface area contributed by atoms with E-state index in [1.165, 1.54) is 0 Å². The Morgan fingerprint density at radius 1 is 1.35 bits per heavy atom. The lowest BCUT2D eigenvalue weighted by Gasteiger charge is -2.15. The molecular weight excluding hydrogens is 299 g/mol. The Hall–Kier alpha value is -1.49. The molecule has 0 spiro atoms. The van der Waals surface area contributed by atoms with Gasteiger partial charge in [-0.1, -0.05) is 23.2 Å². The minimum Gasteiger partial charge on any atom is -0.468 e. The molecule has 0 fully saturated rings. The highest BCUT2D eigenvalue weighted by atomic mass is 35.5. The van der Waals surface area contributed by atoms with Crippen LogP contribution in [-0.2, 0) is 11.3 Å². The van der Waals surface area contributed by atoms with Gasteiger partial charge in [0.05, 0.1) is 30.1 Å². The van der Waals surface area contributed by atoms with Crippen molar-refractivity contribution < 1.29 is 9.21 Å². The summed E-state index contributed by atoms with van der Waals surface area (Å²) in [5, 5.41) is 3.69. The Balaban J connectivity index is 1.88. The van der Waals surface area contributed by atoms with E-state index < -0.39 is 0 Å². The second-order valence-corrected chi connectivity index (χ2v) is 5.27. The highest BCUT2D eigenvalue weighted by Gasteiger charge is 2.10. The number of carbonyl (C=O) groups excluding carboxylic acids is 1. The van der Waals surface area contributed by atoms with Crippen LogP contribution in [0.25, 0.3) is 0 Å². The smallest absolute Gasteiger partial charge is 0.238 e. The molecule has 0 saturated heterocycles. The minimum absolute atomic E-state index is 0.150. The van der Waals surface area contributed by atoms with Gasteiger partial charge in [0.2, 0.25) is 5.91 Å². The summed E-state index contributed by atoms with van der Waals surface area (Å²) in [6.07, 6.45) is 1.61. The SMILES string of the molecule is CN(CC(=O)Nc1ccc(Cl)cc1Cl)Cc1ccco1. The molecule has 1 N–H and O–H groups in total. The first kappa shape index (κ1) is 14.9. The third-order valence-corrected chi connectivity index (χ3v) is 3.17. The summed E-state index contributed by atoms with van der Waals surface area (Å²) in [7, 11) is 1.84. The number of nitrogens with zero attached hydrogens (tertiary/aromatic N) is 1. The van der Waals surface area contributed by atoms with E-state index in [2.05, 4.69) is 5.32 Å². The fourth-order valence-electron chi connectivity index (χ4n) is 1.75. The average molecular weight is 313 g/mol. The quantitative estimate of drug-likeness (QED) is 0.916. The van der Waals surface area contributed by atoms with Crippen molar-refractivity contribution in [3.8, 4) is 0 Å². The molecule has 1 amide bonds. The van der Waals surface area contributed by atoms with E-state index in [0.717, 1.165) is 5.76 Å². The Labute approximate surface area is 127 Å². The van der Waals surface area contributed by atoms with Crippen molar-refractivity contribution in [3.63, 3.8) is 0 Å². The first-order valence-corrected chi connectivity index (χ1v) is 6.76. The summed E-state index contributed by atoms with van der Waals surface area (Å²) in [5.74, 6) is 0.660. The van der Waals surface area contributed by atoms with Crippen LogP contribution in [0.5, 0.6) is 0 Å². The van der Waals surface area contributed by atoms with Crippen LogP contribution in [0, 0.1) is 0 Å².